The van der Waals surface area contributed by atoms with Crippen molar-refractivity contribution in [2.45, 2.75) is 38.0 Å². The van der Waals surface area contributed by atoms with Gasteiger partial charge in [0.1, 0.15) is 5.69 Å². The number of para-hydroxylation sites is 1. The maximum Gasteiger partial charge on any atom is 0.272 e. The Labute approximate surface area is 158 Å². The fourth-order valence-electron chi connectivity index (χ4n) is 4.35. The van der Waals surface area contributed by atoms with Crippen LogP contribution >= 0.6 is 0 Å². The van der Waals surface area contributed by atoms with E-state index in [2.05, 4.69) is 5.32 Å². The summed E-state index contributed by atoms with van der Waals surface area (Å²) in [6.45, 7) is 2.15. The van der Waals surface area contributed by atoms with Crippen LogP contribution in [0, 0.1) is 5.41 Å². The molecule has 6 heteroatoms. The highest BCUT2D eigenvalue weighted by atomic mass is 16.2. The van der Waals surface area contributed by atoms with Gasteiger partial charge in [0.05, 0.1) is 11.4 Å². The van der Waals surface area contributed by atoms with Crippen LogP contribution in [0.5, 0.6) is 0 Å². The molecule has 140 valence electrons. The van der Waals surface area contributed by atoms with Gasteiger partial charge in [-0.3, -0.25) is 9.59 Å². The lowest BCUT2D eigenvalue weighted by molar-refractivity contribution is -0.119. The number of carbonyl (C=O) groups is 2. The van der Waals surface area contributed by atoms with E-state index in [1.807, 2.05) is 41.3 Å². The van der Waals surface area contributed by atoms with Crippen LogP contribution in [0.2, 0.25) is 0 Å². The quantitative estimate of drug-likeness (QED) is 0.910. The molecule has 0 bridgehead atoms. The molecule has 3 fully saturated rings. The Morgan fingerprint density at radius 1 is 1.15 bits per heavy atom. The van der Waals surface area contributed by atoms with Gasteiger partial charge in [0.25, 0.3) is 5.91 Å². The largest absolute Gasteiger partial charge is 0.356 e. The molecule has 2 aromatic rings. The Hall–Kier alpha value is -2.63. The summed E-state index contributed by atoms with van der Waals surface area (Å²) in [7, 11) is 0. The second-order valence-electron chi connectivity index (χ2n) is 8.22. The third-order valence-corrected chi connectivity index (χ3v) is 6.25. The van der Waals surface area contributed by atoms with Crippen LogP contribution in [0.15, 0.2) is 36.4 Å². The maximum absolute atomic E-state index is 13.3. The number of nitrogens with one attached hydrogen (secondary N) is 1. The van der Waals surface area contributed by atoms with Gasteiger partial charge in [-0.05, 0) is 49.3 Å². The van der Waals surface area contributed by atoms with Gasteiger partial charge in [-0.15, -0.1) is 0 Å². The monoisotopic (exact) mass is 364 g/mol. The fraction of sp³-hybridized carbons (Fsp3) is 0.476. The third kappa shape index (κ3) is 3.03. The molecule has 1 N–H and O–H groups in total. The zero-order chi connectivity index (χ0) is 18.4. The number of carbonyl (C=O) groups excluding carboxylic acids is 2. The van der Waals surface area contributed by atoms with E-state index in [-0.39, 0.29) is 17.2 Å². The van der Waals surface area contributed by atoms with Crippen LogP contribution in [0.25, 0.3) is 5.69 Å². The molecule has 1 saturated carbocycles. The zero-order valence-corrected chi connectivity index (χ0v) is 15.4. The van der Waals surface area contributed by atoms with E-state index in [4.69, 9.17) is 5.10 Å². The average Bonchev–Trinajstić information content (AvgIpc) is 3.35. The Kier molecular flexibility index (Phi) is 3.81. The van der Waals surface area contributed by atoms with E-state index in [1.54, 1.807) is 4.68 Å². The van der Waals surface area contributed by atoms with Crippen LogP contribution in [-0.4, -0.2) is 46.1 Å². The molecule has 27 heavy (non-hydrogen) atoms. The summed E-state index contributed by atoms with van der Waals surface area (Å²) >= 11 is 0. The number of rotatable bonds is 3. The van der Waals surface area contributed by atoms with E-state index in [1.165, 1.54) is 0 Å². The lowest BCUT2D eigenvalue weighted by atomic mass is 9.77. The molecule has 2 amide bonds. The number of likely N-dealkylation sites (tertiary alicyclic amines) is 1. The summed E-state index contributed by atoms with van der Waals surface area (Å²) < 4.78 is 1.81. The minimum atomic E-state index is 0.0467. The highest BCUT2D eigenvalue weighted by Gasteiger charge is 2.42. The molecule has 3 aliphatic rings. The minimum absolute atomic E-state index is 0.0467. The molecular weight excluding hydrogens is 340 g/mol. The van der Waals surface area contributed by atoms with Crippen LogP contribution in [-0.2, 0) is 4.79 Å². The number of piperidine rings is 1. The second kappa shape index (κ2) is 6.22. The van der Waals surface area contributed by atoms with Gasteiger partial charge in [0, 0.05) is 32.0 Å². The molecule has 1 aromatic heterocycles. The van der Waals surface area contributed by atoms with Crippen molar-refractivity contribution in [2.75, 3.05) is 19.6 Å². The molecular formula is C21H24N4O2. The van der Waals surface area contributed by atoms with Crippen molar-refractivity contribution in [1.29, 1.82) is 0 Å². The van der Waals surface area contributed by atoms with Crippen LogP contribution in [0.3, 0.4) is 0 Å². The van der Waals surface area contributed by atoms with Crippen molar-refractivity contribution in [2.24, 2.45) is 5.41 Å². The number of aromatic nitrogens is 2. The number of hydrogen-bond acceptors (Lipinski definition) is 3. The maximum atomic E-state index is 13.3. The van der Waals surface area contributed by atoms with Gasteiger partial charge in [-0.1, -0.05) is 18.2 Å². The van der Waals surface area contributed by atoms with Gasteiger partial charge < -0.3 is 10.2 Å². The first kappa shape index (κ1) is 16.5. The molecule has 0 unspecified atom stereocenters. The number of benzene rings is 1. The molecule has 1 aromatic carbocycles. The standard InChI is InChI=1S/C21H24N4O2/c26-19-13-21(14-22-19)8-10-24(11-9-21)20(27)18-12-17(15-6-7-15)23-25(18)16-4-2-1-3-5-16/h1-5,12,15H,6-11,13-14H2,(H,22,26). The van der Waals surface area contributed by atoms with Gasteiger partial charge >= 0.3 is 0 Å². The van der Waals surface area contributed by atoms with Crippen molar-refractivity contribution < 1.29 is 9.59 Å². The van der Waals surface area contributed by atoms with Crippen LogP contribution in [0.4, 0.5) is 0 Å². The van der Waals surface area contributed by atoms with Crippen molar-refractivity contribution >= 4 is 11.8 Å². The third-order valence-electron chi connectivity index (χ3n) is 6.25. The lowest BCUT2D eigenvalue weighted by Crippen LogP contribution is -2.44. The smallest absolute Gasteiger partial charge is 0.272 e. The van der Waals surface area contributed by atoms with Crippen LogP contribution < -0.4 is 5.32 Å². The highest BCUT2D eigenvalue weighted by molar-refractivity contribution is 5.93. The lowest BCUT2D eigenvalue weighted by Gasteiger charge is -2.38. The Morgan fingerprint density at radius 2 is 1.89 bits per heavy atom. The first-order valence-electron chi connectivity index (χ1n) is 9.85. The van der Waals surface area contributed by atoms with E-state index in [9.17, 15) is 9.59 Å². The molecule has 1 spiro atoms. The molecule has 0 radical (unpaired) electrons. The van der Waals surface area contributed by atoms with Crippen LogP contribution in [0.1, 0.15) is 54.2 Å². The van der Waals surface area contributed by atoms with Gasteiger partial charge in [-0.25, -0.2) is 4.68 Å². The molecule has 5 rings (SSSR count). The van der Waals surface area contributed by atoms with Crippen molar-refractivity contribution in [3.05, 3.63) is 47.8 Å². The molecule has 3 heterocycles. The number of amides is 2. The highest BCUT2D eigenvalue weighted by Crippen LogP contribution is 2.40. The molecule has 0 atom stereocenters. The number of nitrogens with zero attached hydrogens (tertiary/aromatic N) is 3. The first-order valence-corrected chi connectivity index (χ1v) is 9.85. The van der Waals surface area contributed by atoms with E-state index >= 15 is 0 Å². The SMILES string of the molecule is O=C1CC2(CCN(C(=O)c3cc(C4CC4)nn3-c3ccccc3)CC2)CN1. The van der Waals surface area contributed by atoms with Gasteiger partial charge in [0.2, 0.25) is 5.91 Å². The summed E-state index contributed by atoms with van der Waals surface area (Å²) in [5.41, 5.74) is 2.65. The molecule has 1 aliphatic carbocycles. The average molecular weight is 364 g/mol. The topological polar surface area (TPSA) is 67.2 Å². The second-order valence-corrected chi connectivity index (χ2v) is 8.22. The zero-order valence-electron chi connectivity index (χ0n) is 15.4. The first-order chi connectivity index (χ1) is 13.1. The minimum Gasteiger partial charge on any atom is -0.356 e. The van der Waals surface area contributed by atoms with Crippen molar-refractivity contribution in [1.82, 2.24) is 20.0 Å². The van der Waals surface area contributed by atoms with Gasteiger partial charge in [-0.2, -0.15) is 5.10 Å². The van der Waals surface area contributed by atoms with E-state index in [0.29, 0.717) is 31.1 Å². The fourth-order valence-corrected chi connectivity index (χ4v) is 4.35. The predicted octanol–water partition coefficient (Wildman–Crippen LogP) is 2.49. The Bertz CT molecular complexity index is 877. The molecule has 6 nitrogen and oxygen atoms in total. The number of hydrogen-bond donors (Lipinski definition) is 1. The summed E-state index contributed by atoms with van der Waals surface area (Å²) in [5.74, 6) is 0.693. The normalized spacial score (nSPS) is 21.5. The summed E-state index contributed by atoms with van der Waals surface area (Å²) in [5, 5.41) is 7.71. The Morgan fingerprint density at radius 3 is 2.52 bits per heavy atom. The Balaban J connectivity index is 1.39. The van der Waals surface area contributed by atoms with Crippen molar-refractivity contribution in [3.63, 3.8) is 0 Å². The predicted molar refractivity (Wildman–Crippen MR) is 101 cm³/mol. The van der Waals surface area contributed by atoms with E-state index < -0.39 is 0 Å². The summed E-state index contributed by atoms with van der Waals surface area (Å²) in [4.78, 5) is 26.9. The van der Waals surface area contributed by atoms with Crippen molar-refractivity contribution in [3.8, 4) is 5.69 Å². The molecule has 2 saturated heterocycles. The van der Waals surface area contributed by atoms with Gasteiger partial charge in [0.15, 0.2) is 0 Å². The summed E-state index contributed by atoms with van der Waals surface area (Å²) in [6.07, 6.45) is 4.68. The molecule has 2 aliphatic heterocycles. The van der Waals surface area contributed by atoms with E-state index in [0.717, 1.165) is 43.6 Å². The summed E-state index contributed by atoms with van der Waals surface area (Å²) in [6, 6.07) is 11.9.